The monoisotopic (exact) mass is 296 g/mol. The third-order valence-corrected chi connectivity index (χ3v) is 3.31. The van der Waals surface area contributed by atoms with Crippen molar-refractivity contribution in [2.75, 3.05) is 11.1 Å². The van der Waals surface area contributed by atoms with E-state index in [0.29, 0.717) is 5.69 Å². The maximum atomic E-state index is 13.7. The molecule has 9 heteroatoms. The van der Waals surface area contributed by atoms with Crippen molar-refractivity contribution in [3.05, 3.63) is 44.7 Å². The second kappa shape index (κ2) is 5.21. The Bertz CT molecular complexity index is 701. The highest BCUT2D eigenvalue weighted by atomic mass is 32.1. The molecule has 0 saturated heterocycles. The van der Waals surface area contributed by atoms with Crippen LogP contribution < -0.4 is 11.1 Å². The van der Waals surface area contributed by atoms with Crippen molar-refractivity contribution < 1.29 is 14.1 Å². The predicted molar refractivity (Wildman–Crippen MR) is 72.3 cm³/mol. The molecule has 0 bridgehead atoms. The van der Waals surface area contributed by atoms with E-state index in [0.717, 1.165) is 23.5 Å². The van der Waals surface area contributed by atoms with Crippen LogP contribution in [0.2, 0.25) is 0 Å². The van der Waals surface area contributed by atoms with E-state index in [2.05, 4.69) is 10.3 Å². The highest BCUT2D eigenvalue weighted by molar-refractivity contribution is 7.13. The van der Waals surface area contributed by atoms with Crippen LogP contribution in [0.1, 0.15) is 16.1 Å². The van der Waals surface area contributed by atoms with Gasteiger partial charge in [0.2, 0.25) is 0 Å². The molecule has 7 nitrogen and oxygen atoms in total. The predicted octanol–water partition coefficient (Wildman–Crippen LogP) is 2.33. The molecule has 1 heterocycles. The SMILES string of the molecule is Cc1csc(NC(=O)c2c(F)ccc([N+](=O)[O-])c2N)n1. The Labute approximate surface area is 116 Å². The molecule has 0 saturated carbocycles. The number of nitro benzene ring substituents is 1. The molecule has 0 spiro atoms. The second-order valence-electron chi connectivity index (χ2n) is 3.86. The largest absolute Gasteiger partial charge is 0.392 e. The number of nitro groups is 1. The van der Waals surface area contributed by atoms with Gasteiger partial charge in [-0.2, -0.15) is 0 Å². The minimum atomic E-state index is -0.932. The number of anilines is 2. The smallest absolute Gasteiger partial charge is 0.293 e. The summed E-state index contributed by atoms with van der Waals surface area (Å²) in [6.45, 7) is 1.73. The zero-order valence-corrected chi connectivity index (χ0v) is 11.0. The zero-order chi connectivity index (χ0) is 14.9. The van der Waals surface area contributed by atoms with Crippen molar-refractivity contribution in [2.45, 2.75) is 6.92 Å². The molecule has 0 fully saturated rings. The Kier molecular flexibility index (Phi) is 3.61. The Balaban J connectivity index is 2.38. The van der Waals surface area contributed by atoms with Gasteiger partial charge in [0.15, 0.2) is 5.13 Å². The van der Waals surface area contributed by atoms with Crippen molar-refractivity contribution in [3.63, 3.8) is 0 Å². The lowest BCUT2D eigenvalue weighted by Crippen LogP contribution is -2.17. The lowest BCUT2D eigenvalue weighted by atomic mass is 10.1. The Morgan fingerprint density at radius 1 is 1.55 bits per heavy atom. The summed E-state index contributed by atoms with van der Waals surface area (Å²) in [6, 6.07) is 1.74. The number of carbonyl (C=O) groups is 1. The van der Waals surface area contributed by atoms with Crippen molar-refractivity contribution in [1.82, 2.24) is 4.98 Å². The first-order valence-corrected chi connectivity index (χ1v) is 6.24. The number of thiazole rings is 1. The van der Waals surface area contributed by atoms with Crippen LogP contribution in [0.25, 0.3) is 0 Å². The average molecular weight is 296 g/mol. The molecule has 3 N–H and O–H groups in total. The van der Waals surface area contributed by atoms with E-state index in [-0.39, 0.29) is 5.13 Å². The summed E-state index contributed by atoms with van der Waals surface area (Å²) in [5.41, 5.74) is 4.58. The number of aromatic nitrogens is 1. The number of nitrogens with two attached hydrogens (primary N) is 1. The van der Waals surface area contributed by atoms with Crippen LogP contribution in [0.4, 0.5) is 20.9 Å². The number of benzene rings is 1. The van der Waals surface area contributed by atoms with Gasteiger partial charge in [0, 0.05) is 11.4 Å². The van der Waals surface area contributed by atoms with E-state index in [4.69, 9.17) is 5.73 Å². The first kappa shape index (κ1) is 13.9. The average Bonchev–Trinajstić information content (AvgIpc) is 2.74. The molecule has 1 aromatic heterocycles. The summed E-state index contributed by atoms with van der Waals surface area (Å²) in [4.78, 5) is 25.9. The maximum absolute atomic E-state index is 13.7. The molecule has 0 aliphatic heterocycles. The van der Waals surface area contributed by atoms with Gasteiger partial charge in [0.1, 0.15) is 17.1 Å². The van der Waals surface area contributed by atoms with Crippen LogP contribution >= 0.6 is 11.3 Å². The van der Waals surface area contributed by atoms with Gasteiger partial charge in [-0.25, -0.2) is 9.37 Å². The van der Waals surface area contributed by atoms with Gasteiger partial charge in [0.25, 0.3) is 11.6 Å². The normalized spacial score (nSPS) is 10.3. The minimum Gasteiger partial charge on any atom is -0.392 e. The summed E-state index contributed by atoms with van der Waals surface area (Å²) in [5, 5.41) is 15.0. The van der Waals surface area contributed by atoms with Gasteiger partial charge in [-0.05, 0) is 13.0 Å². The summed E-state index contributed by atoms with van der Waals surface area (Å²) < 4.78 is 13.7. The fourth-order valence-electron chi connectivity index (χ4n) is 1.54. The van der Waals surface area contributed by atoms with E-state index in [1.165, 1.54) is 0 Å². The van der Waals surface area contributed by atoms with Crippen molar-refractivity contribution in [1.29, 1.82) is 0 Å². The molecule has 2 aromatic rings. The Morgan fingerprint density at radius 3 is 2.80 bits per heavy atom. The third-order valence-electron chi connectivity index (χ3n) is 2.43. The van der Waals surface area contributed by atoms with E-state index < -0.39 is 33.6 Å². The van der Waals surface area contributed by atoms with Gasteiger partial charge >= 0.3 is 0 Å². The maximum Gasteiger partial charge on any atom is 0.293 e. The van der Waals surface area contributed by atoms with Crippen LogP contribution in [-0.2, 0) is 0 Å². The standard InChI is InChI=1S/C11H9FN4O3S/c1-5-4-20-11(14-5)15-10(17)8-6(12)2-3-7(9(8)13)16(18)19/h2-4H,13H2,1H3,(H,14,15,17). The van der Waals surface area contributed by atoms with Gasteiger partial charge in [-0.1, -0.05) is 0 Å². The molecule has 0 aliphatic rings. The molecule has 0 atom stereocenters. The van der Waals surface area contributed by atoms with Gasteiger partial charge in [-0.3, -0.25) is 20.2 Å². The number of nitrogens with zero attached hydrogens (tertiary/aromatic N) is 2. The van der Waals surface area contributed by atoms with Crippen LogP contribution in [-0.4, -0.2) is 15.8 Å². The van der Waals surface area contributed by atoms with Crippen molar-refractivity contribution >= 4 is 33.8 Å². The number of rotatable bonds is 3. The minimum absolute atomic E-state index is 0.262. The number of amides is 1. The molecule has 104 valence electrons. The molecule has 0 aliphatic carbocycles. The number of hydrogen-bond acceptors (Lipinski definition) is 6. The Hall–Kier alpha value is -2.55. The van der Waals surface area contributed by atoms with Crippen LogP contribution in [0.15, 0.2) is 17.5 Å². The van der Waals surface area contributed by atoms with Crippen LogP contribution in [0.3, 0.4) is 0 Å². The van der Waals surface area contributed by atoms with E-state index in [9.17, 15) is 19.3 Å². The number of nitrogen functional groups attached to an aromatic ring is 1. The number of hydrogen-bond donors (Lipinski definition) is 2. The van der Waals surface area contributed by atoms with Gasteiger partial charge in [-0.15, -0.1) is 11.3 Å². The van der Waals surface area contributed by atoms with Gasteiger partial charge < -0.3 is 5.73 Å². The number of halogens is 1. The van der Waals surface area contributed by atoms with E-state index in [1.54, 1.807) is 12.3 Å². The Morgan fingerprint density at radius 2 is 2.25 bits per heavy atom. The third kappa shape index (κ3) is 2.57. The summed E-state index contributed by atoms with van der Waals surface area (Å²) >= 11 is 1.15. The summed E-state index contributed by atoms with van der Waals surface area (Å²) in [7, 11) is 0. The summed E-state index contributed by atoms with van der Waals surface area (Å²) in [5.74, 6) is -1.81. The van der Waals surface area contributed by atoms with E-state index in [1.807, 2.05) is 0 Å². The lowest BCUT2D eigenvalue weighted by Gasteiger charge is -2.06. The topological polar surface area (TPSA) is 111 Å². The van der Waals surface area contributed by atoms with Crippen molar-refractivity contribution in [3.8, 4) is 0 Å². The highest BCUT2D eigenvalue weighted by Gasteiger charge is 2.24. The highest BCUT2D eigenvalue weighted by Crippen LogP contribution is 2.28. The molecule has 1 aromatic carbocycles. The molecule has 2 rings (SSSR count). The van der Waals surface area contributed by atoms with E-state index >= 15 is 0 Å². The zero-order valence-electron chi connectivity index (χ0n) is 10.2. The van der Waals surface area contributed by atoms with Crippen LogP contribution in [0, 0.1) is 22.9 Å². The first-order chi connectivity index (χ1) is 9.40. The number of carbonyl (C=O) groups excluding carboxylic acids is 1. The molecule has 1 amide bonds. The molecule has 0 radical (unpaired) electrons. The molecule has 20 heavy (non-hydrogen) atoms. The molecular formula is C11H9FN4O3S. The second-order valence-corrected chi connectivity index (χ2v) is 4.72. The van der Waals surface area contributed by atoms with Gasteiger partial charge in [0.05, 0.1) is 10.6 Å². The quantitative estimate of drug-likeness (QED) is 0.513. The van der Waals surface area contributed by atoms with Crippen molar-refractivity contribution in [2.24, 2.45) is 0 Å². The molecular weight excluding hydrogens is 287 g/mol. The first-order valence-electron chi connectivity index (χ1n) is 5.36. The molecule has 0 unspecified atom stereocenters. The fraction of sp³-hybridized carbons (Fsp3) is 0.0909. The number of nitrogens with one attached hydrogen (secondary N) is 1. The lowest BCUT2D eigenvalue weighted by molar-refractivity contribution is -0.384. The summed E-state index contributed by atoms with van der Waals surface area (Å²) in [6.07, 6.45) is 0. The fourth-order valence-corrected chi connectivity index (χ4v) is 2.23. The number of aryl methyl sites for hydroxylation is 1. The van der Waals surface area contributed by atoms with Crippen LogP contribution in [0.5, 0.6) is 0 Å².